The van der Waals surface area contributed by atoms with E-state index in [-0.39, 0.29) is 0 Å². The normalized spacial score (nSPS) is 10.2. The molecule has 0 aliphatic rings. The molecule has 2 aromatic rings. The number of anilines is 1. The second-order valence-electron chi connectivity index (χ2n) is 5.18. The predicted molar refractivity (Wildman–Crippen MR) is 88.6 cm³/mol. The summed E-state index contributed by atoms with van der Waals surface area (Å²) in [4.78, 5) is 34.4. The molecule has 2 N–H and O–H groups in total. The van der Waals surface area contributed by atoms with E-state index in [1.165, 1.54) is 12.1 Å². The highest BCUT2D eigenvalue weighted by molar-refractivity contribution is 6.13. The van der Waals surface area contributed by atoms with Crippen molar-refractivity contribution in [2.24, 2.45) is 0 Å². The fraction of sp³-hybridized carbons (Fsp3) is 0.176. The molecule has 2 aromatic carbocycles. The Bertz CT molecular complexity index is 797. The van der Waals surface area contributed by atoms with Crippen molar-refractivity contribution in [3.8, 4) is 0 Å². The Balaban J connectivity index is 2.55. The maximum Gasteiger partial charge on any atom is 0.336 e. The summed E-state index contributed by atoms with van der Waals surface area (Å²) in [7, 11) is 0. The summed E-state index contributed by atoms with van der Waals surface area (Å²) >= 11 is 0. The first-order valence-electron chi connectivity index (χ1n) is 7.27. The zero-order valence-electron chi connectivity index (χ0n) is 13.2. The number of benzene rings is 2. The highest BCUT2D eigenvalue weighted by atomic mass is 16.6. The number of carbonyl (C=O) groups excluding carboxylic acids is 1. The number of amides is 1. The number of nitro groups is 1. The van der Waals surface area contributed by atoms with Gasteiger partial charge in [-0.2, -0.15) is 0 Å². The molecule has 0 atom stereocenters. The topological polar surface area (TPSA) is 110 Å². The lowest BCUT2D eigenvalue weighted by molar-refractivity contribution is -0.385. The molecule has 0 unspecified atom stereocenters. The first-order chi connectivity index (χ1) is 11.4. The van der Waals surface area contributed by atoms with E-state index >= 15 is 0 Å². The number of nitrogens with zero attached hydrogens (tertiary/aromatic N) is 1. The Labute approximate surface area is 138 Å². The van der Waals surface area contributed by atoms with Gasteiger partial charge in [-0.15, -0.1) is 0 Å². The van der Waals surface area contributed by atoms with Crippen molar-refractivity contribution in [1.29, 1.82) is 0 Å². The molecule has 0 bridgehead atoms. The minimum Gasteiger partial charge on any atom is -0.478 e. The zero-order valence-corrected chi connectivity index (χ0v) is 13.2. The molecule has 124 valence electrons. The molecule has 2 rings (SSSR count). The maximum absolute atomic E-state index is 12.6. The lowest BCUT2D eigenvalue weighted by atomic mass is 10.0. The minimum atomic E-state index is -1.40. The summed E-state index contributed by atoms with van der Waals surface area (Å²) in [5.74, 6) is -2.21. The summed E-state index contributed by atoms with van der Waals surface area (Å²) in [6.07, 6.45) is 0.653. The van der Waals surface area contributed by atoms with Crippen LogP contribution >= 0.6 is 0 Å². The quantitative estimate of drug-likeness (QED) is 0.645. The summed E-state index contributed by atoms with van der Waals surface area (Å²) < 4.78 is 0. The molecule has 1 amide bonds. The van der Waals surface area contributed by atoms with Crippen molar-refractivity contribution in [2.45, 2.75) is 20.3 Å². The van der Waals surface area contributed by atoms with Crippen LogP contribution in [0.1, 0.15) is 38.8 Å². The third kappa shape index (κ3) is 3.24. The van der Waals surface area contributed by atoms with Gasteiger partial charge in [0, 0.05) is 11.8 Å². The van der Waals surface area contributed by atoms with Gasteiger partial charge in [0.25, 0.3) is 11.6 Å². The van der Waals surface area contributed by atoms with Gasteiger partial charge in [0.2, 0.25) is 0 Å². The van der Waals surface area contributed by atoms with Crippen molar-refractivity contribution in [2.75, 3.05) is 5.32 Å². The SMILES string of the molecule is CCc1cccc(C)c1NC(=O)c1c(C(=O)O)cccc1[N+](=O)[O-]. The molecular weight excluding hydrogens is 312 g/mol. The first kappa shape index (κ1) is 17.1. The zero-order chi connectivity index (χ0) is 17.9. The molecule has 0 aliphatic carbocycles. The summed E-state index contributed by atoms with van der Waals surface area (Å²) in [5, 5.41) is 23.0. The fourth-order valence-electron chi connectivity index (χ4n) is 2.49. The Morgan fingerprint density at radius 2 is 1.88 bits per heavy atom. The van der Waals surface area contributed by atoms with Gasteiger partial charge >= 0.3 is 5.97 Å². The number of para-hydroxylation sites is 1. The molecular formula is C17H16N2O5. The van der Waals surface area contributed by atoms with Gasteiger partial charge in [-0.25, -0.2) is 4.79 Å². The molecule has 0 aromatic heterocycles. The number of rotatable bonds is 5. The standard InChI is InChI=1S/C17H16N2O5/c1-3-11-7-4-6-10(2)15(11)18-16(20)14-12(17(21)22)8-5-9-13(14)19(23)24/h4-9H,3H2,1-2H3,(H,18,20)(H,21,22). The molecule has 24 heavy (non-hydrogen) atoms. The average Bonchev–Trinajstić information content (AvgIpc) is 2.55. The molecule has 0 spiro atoms. The van der Waals surface area contributed by atoms with Gasteiger partial charge in [0.1, 0.15) is 5.56 Å². The highest BCUT2D eigenvalue weighted by Crippen LogP contribution is 2.26. The van der Waals surface area contributed by atoms with Gasteiger partial charge in [0.15, 0.2) is 0 Å². The van der Waals surface area contributed by atoms with E-state index in [1.807, 2.05) is 19.1 Å². The molecule has 0 heterocycles. The van der Waals surface area contributed by atoms with Crippen LogP contribution in [-0.4, -0.2) is 21.9 Å². The van der Waals surface area contributed by atoms with Crippen molar-refractivity contribution in [3.05, 3.63) is 68.8 Å². The largest absolute Gasteiger partial charge is 0.478 e. The van der Waals surface area contributed by atoms with Gasteiger partial charge < -0.3 is 10.4 Å². The van der Waals surface area contributed by atoms with Crippen LogP contribution in [0.5, 0.6) is 0 Å². The number of carbonyl (C=O) groups is 2. The number of aromatic carboxylic acids is 1. The van der Waals surface area contributed by atoms with Crippen LogP contribution < -0.4 is 5.32 Å². The van der Waals surface area contributed by atoms with Crippen molar-refractivity contribution in [1.82, 2.24) is 0 Å². The van der Waals surface area contributed by atoms with Crippen molar-refractivity contribution < 1.29 is 19.6 Å². The fourth-order valence-corrected chi connectivity index (χ4v) is 2.49. The van der Waals surface area contributed by atoms with Crippen molar-refractivity contribution >= 4 is 23.3 Å². The minimum absolute atomic E-state index is 0.409. The van der Waals surface area contributed by atoms with Crippen LogP contribution in [0.3, 0.4) is 0 Å². The Morgan fingerprint density at radius 3 is 2.46 bits per heavy atom. The van der Waals surface area contributed by atoms with E-state index < -0.39 is 33.6 Å². The Kier molecular flexibility index (Phi) is 4.93. The number of aryl methyl sites for hydroxylation is 2. The molecule has 0 radical (unpaired) electrons. The Hall–Kier alpha value is -3.22. The number of carboxylic acid groups (broad SMARTS) is 1. The predicted octanol–water partition coefficient (Wildman–Crippen LogP) is 3.42. The van der Waals surface area contributed by atoms with Gasteiger partial charge in [-0.1, -0.05) is 31.2 Å². The average molecular weight is 328 g/mol. The first-order valence-corrected chi connectivity index (χ1v) is 7.27. The lowest BCUT2D eigenvalue weighted by Crippen LogP contribution is -2.19. The van der Waals surface area contributed by atoms with Crippen LogP contribution in [0.2, 0.25) is 0 Å². The van der Waals surface area contributed by atoms with Crippen molar-refractivity contribution in [3.63, 3.8) is 0 Å². The maximum atomic E-state index is 12.6. The summed E-state index contributed by atoms with van der Waals surface area (Å²) in [6.45, 7) is 3.71. The van der Waals surface area contributed by atoms with E-state index in [2.05, 4.69) is 5.32 Å². The molecule has 0 saturated carbocycles. The van der Waals surface area contributed by atoms with E-state index in [4.69, 9.17) is 0 Å². The van der Waals surface area contributed by atoms with Crippen LogP contribution in [0, 0.1) is 17.0 Å². The van der Waals surface area contributed by atoms with Crippen LogP contribution in [-0.2, 0) is 6.42 Å². The third-order valence-corrected chi connectivity index (χ3v) is 3.68. The van der Waals surface area contributed by atoms with Crippen LogP contribution in [0.4, 0.5) is 11.4 Å². The number of carboxylic acids is 1. The van der Waals surface area contributed by atoms with Crippen LogP contribution in [0.25, 0.3) is 0 Å². The Morgan fingerprint density at radius 1 is 1.21 bits per heavy atom. The lowest BCUT2D eigenvalue weighted by Gasteiger charge is -2.14. The van der Waals surface area contributed by atoms with E-state index in [1.54, 1.807) is 13.0 Å². The number of nitrogens with one attached hydrogen (secondary N) is 1. The molecule has 0 saturated heterocycles. The van der Waals surface area contributed by atoms with E-state index in [9.17, 15) is 24.8 Å². The molecule has 7 nitrogen and oxygen atoms in total. The number of hydrogen-bond acceptors (Lipinski definition) is 4. The smallest absolute Gasteiger partial charge is 0.336 e. The highest BCUT2D eigenvalue weighted by Gasteiger charge is 2.27. The van der Waals surface area contributed by atoms with E-state index in [0.717, 1.165) is 17.2 Å². The molecule has 0 aliphatic heterocycles. The molecule has 0 fully saturated rings. The van der Waals surface area contributed by atoms with Gasteiger partial charge in [0.05, 0.1) is 10.5 Å². The monoisotopic (exact) mass is 328 g/mol. The second kappa shape index (κ2) is 6.91. The molecule has 7 heteroatoms. The summed E-state index contributed by atoms with van der Waals surface area (Å²) in [6, 6.07) is 9.00. The summed E-state index contributed by atoms with van der Waals surface area (Å²) in [5.41, 5.74) is 0.782. The number of nitro benzene ring substituents is 1. The number of hydrogen-bond donors (Lipinski definition) is 2. The van der Waals surface area contributed by atoms with Gasteiger partial charge in [-0.3, -0.25) is 14.9 Å². The third-order valence-electron chi connectivity index (χ3n) is 3.68. The van der Waals surface area contributed by atoms with Gasteiger partial charge in [-0.05, 0) is 30.5 Å². The van der Waals surface area contributed by atoms with E-state index in [0.29, 0.717) is 12.1 Å². The second-order valence-corrected chi connectivity index (χ2v) is 5.18. The van der Waals surface area contributed by atoms with Crippen LogP contribution in [0.15, 0.2) is 36.4 Å².